The molecule has 108 valence electrons. The van der Waals surface area contributed by atoms with Crippen LogP contribution in [0.25, 0.3) is 11.1 Å². The standard InChI is InChI=1S/C16H13Cl2NO2/c17-13-4-1-3-11(9-13)12-5-6-14(15(18)10-12)16(20)19-7-2-8-21-19/h1,3-6,9-10H,2,7-8H2. The van der Waals surface area contributed by atoms with Gasteiger partial charge in [-0.2, -0.15) is 0 Å². The van der Waals surface area contributed by atoms with Crippen LogP contribution in [0.15, 0.2) is 42.5 Å². The molecule has 21 heavy (non-hydrogen) atoms. The van der Waals surface area contributed by atoms with Crippen molar-refractivity contribution < 1.29 is 9.63 Å². The summed E-state index contributed by atoms with van der Waals surface area (Å²) in [5.74, 6) is -0.199. The number of nitrogens with zero attached hydrogens (tertiary/aromatic N) is 1. The van der Waals surface area contributed by atoms with Gasteiger partial charge in [0, 0.05) is 5.02 Å². The van der Waals surface area contributed by atoms with E-state index in [2.05, 4.69) is 0 Å². The van der Waals surface area contributed by atoms with Gasteiger partial charge >= 0.3 is 0 Å². The molecule has 0 bridgehead atoms. The second kappa shape index (κ2) is 6.06. The number of carbonyl (C=O) groups is 1. The van der Waals surface area contributed by atoms with Crippen LogP contribution in [-0.2, 0) is 4.84 Å². The number of hydrogen-bond acceptors (Lipinski definition) is 2. The topological polar surface area (TPSA) is 29.5 Å². The van der Waals surface area contributed by atoms with Crippen molar-refractivity contribution in [3.05, 3.63) is 58.1 Å². The highest BCUT2D eigenvalue weighted by atomic mass is 35.5. The fraction of sp³-hybridized carbons (Fsp3) is 0.188. The summed E-state index contributed by atoms with van der Waals surface area (Å²) in [5.41, 5.74) is 2.33. The summed E-state index contributed by atoms with van der Waals surface area (Å²) in [4.78, 5) is 17.5. The summed E-state index contributed by atoms with van der Waals surface area (Å²) in [6, 6.07) is 12.9. The highest BCUT2D eigenvalue weighted by molar-refractivity contribution is 6.34. The first-order valence-electron chi connectivity index (χ1n) is 6.65. The third-order valence-corrected chi connectivity index (χ3v) is 3.88. The van der Waals surface area contributed by atoms with Crippen LogP contribution < -0.4 is 0 Å². The number of carbonyl (C=O) groups excluding carboxylic acids is 1. The summed E-state index contributed by atoms with van der Waals surface area (Å²) < 4.78 is 0. The zero-order valence-corrected chi connectivity index (χ0v) is 12.7. The average Bonchev–Trinajstić information content (AvgIpc) is 3.00. The lowest BCUT2D eigenvalue weighted by Gasteiger charge is -2.15. The van der Waals surface area contributed by atoms with E-state index in [4.69, 9.17) is 28.0 Å². The van der Waals surface area contributed by atoms with Gasteiger partial charge in [0.2, 0.25) is 0 Å². The maximum absolute atomic E-state index is 12.3. The Labute approximate surface area is 133 Å². The fourth-order valence-electron chi connectivity index (χ4n) is 2.28. The first-order valence-corrected chi connectivity index (χ1v) is 7.41. The molecular weight excluding hydrogens is 309 g/mol. The molecule has 1 heterocycles. The van der Waals surface area contributed by atoms with Gasteiger partial charge in [-0.15, -0.1) is 0 Å². The Balaban J connectivity index is 1.91. The van der Waals surface area contributed by atoms with E-state index in [1.54, 1.807) is 12.1 Å². The first kappa shape index (κ1) is 14.4. The van der Waals surface area contributed by atoms with E-state index < -0.39 is 0 Å². The van der Waals surface area contributed by atoms with Gasteiger partial charge in [0.25, 0.3) is 5.91 Å². The van der Waals surface area contributed by atoms with Crippen molar-refractivity contribution in [2.45, 2.75) is 6.42 Å². The molecule has 3 nitrogen and oxygen atoms in total. The third-order valence-electron chi connectivity index (χ3n) is 3.34. The summed E-state index contributed by atoms with van der Waals surface area (Å²) in [6.07, 6.45) is 0.851. The van der Waals surface area contributed by atoms with Crippen LogP contribution >= 0.6 is 23.2 Å². The maximum atomic E-state index is 12.3. The number of hydrogen-bond donors (Lipinski definition) is 0. The van der Waals surface area contributed by atoms with E-state index in [1.165, 1.54) is 5.06 Å². The molecule has 0 spiro atoms. The normalized spacial score (nSPS) is 14.5. The minimum Gasteiger partial charge on any atom is -0.271 e. The van der Waals surface area contributed by atoms with Crippen molar-refractivity contribution in [2.75, 3.05) is 13.2 Å². The van der Waals surface area contributed by atoms with Gasteiger partial charge < -0.3 is 0 Å². The predicted octanol–water partition coefficient (Wildman–Crippen LogP) is 4.44. The Morgan fingerprint density at radius 3 is 2.57 bits per heavy atom. The predicted molar refractivity (Wildman–Crippen MR) is 83.5 cm³/mol. The molecule has 1 saturated heterocycles. The summed E-state index contributed by atoms with van der Waals surface area (Å²) >= 11 is 12.2. The molecule has 2 aromatic rings. The van der Waals surface area contributed by atoms with E-state index >= 15 is 0 Å². The van der Waals surface area contributed by atoms with Gasteiger partial charge in [-0.25, -0.2) is 5.06 Å². The molecule has 2 aromatic carbocycles. The van der Waals surface area contributed by atoms with Crippen molar-refractivity contribution in [1.82, 2.24) is 5.06 Å². The molecule has 1 aliphatic heterocycles. The average molecular weight is 322 g/mol. The van der Waals surface area contributed by atoms with E-state index in [0.29, 0.717) is 28.8 Å². The molecule has 5 heteroatoms. The minimum atomic E-state index is -0.199. The smallest absolute Gasteiger partial charge is 0.271 e. The van der Waals surface area contributed by atoms with Crippen LogP contribution in [0.4, 0.5) is 0 Å². The largest absolute Gasteiger partial charge is 0.278 e. The van der Waals surface area contributed by atoms with Gasteiger partial charge in [0.15, 0.2) is 0 Å². The van der Waals surface area contributed by atoms with E-state index in [0.717, 1.165) is 17.5 Å². The third kappa shape index (κ3) is 3.05. The Morgan fingerprint density at radius 1 is 1.10 bits per heavy atom. The van der Waals surface area contributed by atoms with Gasteiger partial charge in [0.1, 0.15) is 0 Å². The SMILES string of the molecule is O=C(c1ccc(-c2cccc(Cl)c2)cc1Cl)N1CCCO1. The Kier molecular flexibility index (Phi) is 4.15. The van der Waals surface area contributed by atoms with Crippen LogP contribution in [0.3, 0.4) is 0 Å². The van der Waals surface area contributed by atoms with Crippen LogP contribution in [0.2, 0.25) is 10.0 Å². The molecule has 3 rings (SSSR count). The van der Waals surface area contributed by atoms with Crippen molar-refractivity contribution in [3.8, 4) is 11.1 Å². The molecule has 0 aromatic heterocycles. The van der Waals surface area contributed by atoms with Crippen LogP contribution in [-0.4, -0.2) is 24.1 Å². The highest BCUT2D eigenvalue weighted by Crippen LogP contribution is 2.28. The van der Waals surface area contributed by atoms with E-state index in [1.807, 2.05) is 30.3 Å². The highest BCUT2D eigenvalue weighted by Gasteiger charge is 2.22. The van der Waals surface area contributed by atoms with Crippen molar-refractivity contribution >= 4 is 29.1 Å². The summed E-state index contributed by atoms with van der Waals surface area (Å²) in [6.45, 7) is 1.18. The summed E-state index contributed by atoms with van der Waals surface area (Å²) in [5, 5.41) is 2.43. The molecule has 1 aliphatic rings. The number of halogens is 2. The van der Waals surface area contributed by atoms with Gasteiger partial charge in [-0.05, 0) is 41.8 Å². The number of hydroxylamine groups is 2. The Morgan fingerprint density at radius 2 is 1.90 bits per heavy atom. The van der Waals surface area contributed by atoms with E-state index in [9.17, 15) is 4.79 Å². The minimum absolute atomic E-state index is 0.199. The van der Waals surface area contributed by atoms with Crippen LogP contribution in [0.1, 0.15) is 16.8 Å². The quantitative estimate of drug-likeness (QED) is 0.818. The fourth-order valence-corrected chi connectivity index (χ4v) is 2.73. The zero-order chi connectivity index (χ0) is 14.8. The van der Waals surface area contributed by atoms with Crippen LogP contribution in [0.5, 0.6) is 0 Å². The van der Waals surface area contributed by atoms with E-state index in [-0.39, 0.29) is 5.91 Å². The van der Waals surface area contributed by atoms with Gasteiger partial charge in [0.05, 0.1) is 23.7 Å². The van der Waals surface area contributed by atoms with Crippen molar-refractivity contribution in [2.24, 2.45) is 0 Å². The molecule has 1 fully saturated rings. The number of benzene rings is 2. The second-order valence-corrected chi connectivity index (χ2v) is 5.64. The zero-order valence-electron chi connectivity index (χ0n) is 11.2. The summed E-state index contributed by atoms with van der Waals surface area (Å²) in [7, 11) is 0. The molecule has 0 saturated carbocycles. The number of amides is 1. The molecular formula is C16H13Cl2NO2. The van der Waals surface area contributed by atoms with Crippen molar-refractivity contribution in [3.63, 3.8) is 0 Å². The van der Waals surface area contributed by atoms with Gasteiger partial charge in [-0.3, -0.25) is 9.63 Å². The number of rotatable bonds is 2. The first-order chi connectivity index (χ1) is 10.1. The Bertz CT molecular complexity index is 682. The van der Waals surface area contributed by atoms with Gasteiger partial charge in [-0.1, -0.05) is 41.4 Å². The molecule has 0 radical (unpaired) electrons. The van der Waals surface area contributed by atoms with Crippen LogP contribution in [0, 0.1) is 0 Å². The molecule has 0 N–H and O–H groups in total. The lowest BCUT2D eigenvalue weighted by Crippen LogP contribution is -2.26. The molecule has 0 aliphatic carbocycles. The lowest BCUT2D eigenvalue weighted by atomic mass is 10.0. The lowest BCUT2D eigenvalue weighted by molar-refractivity contribution is -0.0768. The Hall–Kier alpha value is -1.55. The maximum Gasteiger partial charge on any atom is 0.278 e. The molecule has 0 atom stereocenters. The monoisotopic (exact) mass is 321 g/mol. The van der Waals surface area contributed by atoms with Crippen molar-refractivity contribution in [1.29, 1.82) is 0 Å². The second-order valence-electron chi connectivity index (χ2n) is 4.80. The molecule has 1 amide bonds. The molecule has 0 unspecified atom stereocenters.